The number of fused-ring (bicyclic) bond motifs is 5. The van der Waals surface area contributed by atoms with E-state index in [4.69, 9.17) is 69.4 Å². The minimum absolute atomic E-state index is 0. The molecule has 2 aliphatic rings. The molecule has 39 nitrogen and oxygen atoms in total. The van der Waals surface area contributed by atoms with E-state index in [1.807, 2.05) is 192 Å². The van der Waals surface area contributed by atoms with Crippen LogP contribution < -0.4 is 165 Å². The van der Waals surface area contributed by atoms with Gasteiger partial charge < -0.3 is 109 Å². The number of aromatic amines is 6. The van der Waals surface area contributed by atoms with Crippen LogP contribution in [-0.4, -0.2) is 232 Å². The number of carbonyl (C=O) groups is 1. The van der Waals surface area contributed by atoms with Crippen LogP contribution in [0.25, 0.3) is 112 Å². The van der Waals surface area contributed by atoms with Gasteiger partial charge in [0.25, 0.3) is 43.3 Å². The van der Waals surface area contributed by atoms with Crippen molar-refractivity contribution in [2.75, 3.05) is 104 Å². The van der Waals surface area contributed by atoms with Gasteiger partial charge in [0.1, 0.15) is 86.1 Å². The van der Waals surface area contributed by atoms with E-state index >= 15 is 0 Å². The molecular weight excluding hydrogens is 2130 g/mol. The number of para-hydroxylation sites is 3. The maximum atomic E-state index is 13.4. The fourth-order valence-corrected chi connectivity index (χ4v) is 18.8. The van der Waals surface area contributed by atoms with Gasteiger partial charge in [-0.05, 0) is 215 Å². The summed E-state index contributed by atoms with van der Waals surface area (Å²) in [6, 6.07) is 31.8. The molecule has 17 rings (SSSR count). The number of alkyl halides is 1. The van der Waals surface area contributed by atoms with Crippen LogP contribution in [0.5, 0.6) is 28.7 Å². The predicted octanol–water partition coefficient (Wildman–Crippen LogP) is 9.30. The third-order valence-electron chi connectivity index (χ3n) is 23.3. The summed E-state index contributed by atoms with van der Waals surface area (Å²) in [4.78, 5) is 119. The van der Waals surface area contributed by atoms with E-state index < -0.39 is 26.4 Å². The number of ether oxygens (including phenoxy) is 5. The van der Waals surface area contributed by atoms with Gasteiger partial charge in [-0.2, -0.15) is 4.31 Å². The molecule has 2 saturated heterocycles. The van der Waals surface area contributed by atoms with Crippen molar-refractivity contribution in [1.82, 2.24) is 92.5 Å². The first-order valence-electron chi connectivity index (χ1n) is 49.3. The predicted molar refractivity (Wildman–Crippen MR) is 584 cm³/mol. The molecule has 5 aromatic carbocycles. The van der Waals surface area contributed by atoms with Crippen LogP contribution in [0.1, 0.15) is 144 Å². The molecule has 800 valence electrons. The van der Waals surface area contributed by atoms with Crippen molar-refractivity contribution >= 4 is 127 Å². The molecule has 0 atom stereocenters. The number of halogens is 3. The molecule has 150 heavy (non-hydrogen) atoms. The smallest absolute Gasteiger partial charge is 1.00 e. The number of rotatable bonds is 31. The maximum Gasteiger partial charge on any atom is 1.00 e. The van der Waals surface area contributed by atoms with Gasteiger partial charge >= 0.3 is 110 Å². The third-order valence-corrected chi connectivity index (χ3v) is 27.5. The first-order chi connectivity index (χ1) is 71.1. The first kappa shape index (κ1) is 128. The Morgan fingerprint density at radius 1 is 0.427 bits per heavy atom. The summed E-state index contributed by atoms with van der Waals surface area (Å²) < 4.78 is 91.4. The number of nitrogens with one attached hydrogen (secondary N) is 7. The van der Waals surface area contributed by atoms with E-state index in [-0.39, 0.29) is 154 Å². The topological polar surface area (TPSA) is 499 Å². The summed E-state index contributed by atoms with van der Waals surface area (Å²) in [6.07, 6.45) is 14.6. The van der Waals surface area contributed by atoms with Crippen molar-refractivity contribution in [3.8, 4) is 85.7 Å². The van der Waals surface area contributed by atoms with Crippen molar-refractivity contribution in [3.63, 3.8) is 0 Å². The summed E-state index contributed by atoms with van der Waals surface area (Å²) in [5, 5.41) is 31.0. The van der Waals surface area contributed by atoms with Gasteiger partial charge in [0.15, 0.2) is 0 Å². The number of hydrogen-bond acceptors (Lipinski definition) is 28. The number of H-pyrrole nitrogens is 6. The van der Waals surface area contributed by atoms with Gasteiger partial charge in [-0.3, -0.25) is 33.0 Å². The molecule has 9 N–H and O–H groups in total. The Hall–Kier alpha value is -9.35. The van der Waals surface area contributed by atoms with Crippen molar-refractivity contribution in [1.29, 1.82) is 0 Å². The van der Waals surface area contributed by atoms with E-state index in [9.17, 15) is 40.8 Å². The van der Waals surface area contributed by atoms with E-state index in [1.54, 1.807) is 24.4 Å². The van der Waals surface area contributed by atoms with Crippen LogP contribution in [0.15, 0.2) is 174 Å². The fraction of sp³-hybridized carbons (Fsp3) is 0.408. The molecule has 47 heteroatoms. The van der Waals surface area contributed by atoms with Crippen molar-refractivity contribution < 1.29 is 174 Å². The summed E-state index contributed by atoms with van der Waals surface area (Å²) in [5.74, 6) is 5.17. The molecule has 15 aromatic rings. The Balaban J connectivity index is 0.000000275. The maximum absolute atomic E-state index is 13.4. The molecule has 2 fully saturated rings. The number of aryl methyl sites for hydroxylation is 9. The van der Waals surface area contributed by atoms with Gasteiger partial charge in [0, 0.05) is 137 Å². The zero-order valence-corrected chi connectivity index (χ0v) is 99.6. The first-order valence-corrected chi connectivity index (χ1v) is 54.5. The zero-order valence-electron chi connectivity index (χ0n) is 89.7. The number of sulfonamides is 1. The summed E-state index contributed by atoms with van der Waals surface area (Å²) >= 11 is 7.58. The number of carbonyl (C=O) groups excluding carboxylic acids is 1. The van der Waals surface area contributed by atoms with Crippen LogP contribution in [0.2, 0.25) is 0 Å². The molecule has 0 aliphatic carbocycles. The molecule has 12 heterocycles. The number of piperazine rings is 2. The van der Waals surface area contributed by atoms with E-state index in [0.29, 0.717) is 161 Å². The standard InChI is InChI=1S/C24H33N5O4S.C18H20ClN3O4S.2C18H21N3O2.C15H15N3O2.C6H14N2.C3H7Br.CH2O3.BClH2O3.2K.H/c1-5-10-28-16-17(4)21-23(28)25-22(26-24(21)30)19-15-18(8-9-20(19)33-7-3)34(31,32)29-13-11-27(6-2)12-14-29;1-4-8-22-10-11(3)15-17(22)20-16(21-18(15)23)13-9-12(27(19,24)25)6-7-14(13)26-5-2;2*1-4-10-21-11-12(3)15-17(21)19-16(20-18(15)22)13-8-6-7-9-14(13)23-5-2;1-3-20-11-7-5-4-6-10(11)13-17-14-12(15(19)18-13)9(2)8-16-14;1-2-8-5-3-7-4-6-8;1-2-3-4;2-1-4-3;2-5-1(3)4;;;/h8-9,15-16H,5-7,10-14H2,1-4H3,(H,25,26,30);6-7,9-10H,4-5,8H2,1-3H3,(H,20,21,23);2*6-9,11H,4-5,10H2,1-3H3,(H,19,20,22);4-8H,3H2,1-2H3,(H2,16,17,18,19);7H,2-6H2,1H3;2-3H2,1H3;1,3H;3-4H;;;/q;;;;;;;;;2*+1;-1/p-1. The molecule has 0 bridgehead atoms. The average molecular weight is 2260 g/mol. The van der Waals surface area contributed by atoms with Crippen LogP contribution in [-0.2, 0) is 59.1 Å². The van der Waals surface area contributed by atoms with Gasteiger partial charge in [-0.15, -0.1) is 0 Å². The van der Waals surface area contributed by atoms with Crippen molar-refractivity contribution in [3.05, 3.63) is 220 Å². The second-order valence-electron chi connectivity index (χ2n) is 33.8. The Labute approximate surface area is 977 Å². The van der Waals surface area contributed by atoms with Crippen LogP contribution in [0.3, 0.4) is 0 Å². The Kier molecular flexibility index (Phi) is 54.0. The van der Waals surface area contributed by atoms with Crippen LogP contribution in [0.4, 0.5) is 0 Å². The minimum atomic E-state index is -3.94. The number of benzene rings is 5. The molecule has 2 aliphatic heterocycles. The van der Waals surface area contributed by atoms with Crippen molar-refractivity contribution in [2.45, 2.75) is 186 Å². The van der Waals surface area contributed by atoms with E-state index in [1.165, 1.54) is 61.6 Å². The van der Waals surface area contributed by atoms with E-state index in [2.05, 4.69) is 133 Å². The van der Waals surface area contributed by atoms with Crippen LogP contribution in [0, 0.1) is 34.6 Å². The monoisotopic (exact) mass is 2260 g/mol. The third kappa shape index (κ3) is 34.1. The number of likely N-dealkylation sites (N-methyl/N-ethyl adjacent to an activating group) is 2. The van der Waals surface area contributed by atoms with Gasteiger partial charge in [-0.25, -0.2) is 41.8 Å². The summed E-state index contributed by atoms with van der Waals surface area (Å²) in [7, 11) is -4.01. The number of hydrogen-bond donors (Lipinski definition) is 9. The minimum Gasteiger partial charge on any atom is -1.00 e. The molecule has 0 unspecified atom stereocenters. The molecule has 0 amide bonds. The Bertz CT molecular complexity index is 7330. The van der Waals surface area contributed by atoms with Crippen molar-refractivity contribution in [2.24, 2.45) is 0 Å². The number of aromatic nitrogens is 15. The Morgan fingerprint density at radius 3 is 1.00 bits per heavy atom. The fourth-order valence-electron chi connectivity index (χ4n) is 16.6. The second-order valence-corrected chi connectivity index (χ2v) is 39.3. The SMILES string of the molecule is CCCBr.CCCn1cc(C)c2c(=O)[nH]c(-c3cc(S(=O)(=O)Cl)ccc3OCC)nc21.CCCn1cc(C)c2c(=O)[nH]c(-c3cc(S(=O)(=O)N4CCN(CC)CC4)ccc3OCC)nc21.CCCn1cc(C)c2c(=O)[nH]c(-c3ccccc3OCC)nc21.CCCn1cc(C)c2c(=O)[nH]c(-c3ccccc3OCC)nc21.CCN1CCNCC1.CCOc1ccccc1-c1nc2[nH]cc(C)c2c(=O)[nH]1.O=CO[O-].OB(O)OCl.[H-].[K+].[K+]. The zero-order chi connectivity index (χ0) is 108. The van der Waals surface area contributed by atoms with Gasteiger partial charge in [-0.1, -0.05) is 101 Å². The molecule has 10 aromatic heterocycles. The largest absolute Gasteiger partial charge is 1.00 e. The molecule has 0 spiro atoms. The van der Waals surface area contributed by atoms with Gasteiger partial charge in [0.05, 0.1) is 97.6 Å². The molecular formula is C103H135BBrCl2K2N19O20S2. The molecule has 0 saturated carbocycles. The van der Waals surface area contributed by atoms with Crippen LogP contribution >= 0.6 is 38.5 Å². The molecule has 0 radical (unpaired) electrons. The summed E-state index contributed by atoms with van der Waals surface area (Å²) in [5.41, 5.74) is 9.97. The normalized spacial score (nSPS) is 12.4. The second kappa shape index (κ2) is 63.5. The average Bonchev–Trinajstić information content (AvgIpc) is 1.56. The number of nitrogens with zero attached hydrogens (tertiary/aromatic N) is 12. The quantitative estimate of drug-likeness (QED) is 0.00487. The summed E-state index contributed by atoms with van der Waals surface area (Å²) in [6.45, 7) is 48.4. The van der Waals surface area contributed by atoms with Gasteiger partial charge in [0.2, 0.25) is 10.0 Å². The van der Waals surface area contributed by atoms with E-state index in [0.717, 1.165) is 124 Å². The Morgan fingerprint density at radius 2 is 0.713 bits per heavy atom.